The van der Waals surface area contributed by atoms with E-state index in [0.717, 1.165) is 26.2 Å². The van der Waals surface area contributed by atoms with Crippen LogP contribution in [0.15, 0.2) is 12.1 Å². The van der Waals surface area contributed by atoms with Crippen molar-refractivity contribution in [2.24, 2.45) is 5.41 Å². The summed E-state index contributed by atoms with van der Waals surface area (Å²) in [5.41, 5.74) is 1.17. The summed E-state index contributed by atoms with van der Waals surface area (Å²) in [7, 11) is 3.04. The van der Waals surface area contributed by atoms with Gasteiger partial charge in [-0.1, -0.05) is 0 Å². The van der Waals surface area contributed by atoms with E-state index >= 15 is 0 Å². The van der Waals surface area contributed by atoms with Crippen molar-refractivity contribution in [3.05, 3.63) is 27.8 Å². The zero-order valence-corrected chi connectivity index (χ0v) is 14.3. The van der Waals surface area contributed by atoms with E-state index in [4.69, 9.17) is 9.47 Å². The molecule has 0 saturated carbocycles. The Morgan fingerprint density at radius 2 is 1.88 bits per heavy atom. The SMILES string of the molecule is COc1cc(CN2CCC3(CCNCC3)C2)c([N+](=O)[O-])cc1OC. The molecule has 1 spiro atoms. The summed E-state index contributed by atoms with van der Waals surface area (Å²) < 4.78 is 10.5. The predicted molar refractivity (Wildman–Crippen MR) is 90.6 cm³/mol. The van der Waals surface area contributed by atoms with Crippen molar-refractivity contribution < 1.29 is 14.4 Å². The van der Waals surface area contributed by atoms with E-state index in [0.29, 0.717) is 29.0 Å². The molecule has 0 radical (unpaired) electrons. The molecule has 132 valence electrons. The zero-order chi connectivity index (χ0) is 17.2. The second-order valence-electron chi connectivity index (χ2n) is 6.80. The lowest BCUT2D eigenvalue weighted by Gasteiger charge is -2.33. The van der Waals surface area contributed by atoms with Gasteiger partial charge in [-0.2, -0.15) is 0 Å². The third kappa shape index (κ3) is 3.32. The second-order valence-corrected chi connectivity index (χ2v) is 6.80. The van der Waals surface area contributed by atoms with Crippen LogP contribution in [0.3, 0.4) is 0 Å². The summed E-state index contributed by atoms with van der Waals surface area (Å²) in [6.45, 7) is 4.73. The van der Waals surface area contributed by atoms with Crippen LogP contribution in [0.1, 0.15) is 24.8 Å². The molecule has 0 amide bonds. The van der Waals surface area contributed by atoms with Gasteiger partial charge in [-0.25, -0.2) is 0 Å². The van der Waals surface area contributed by atoms with E-state index in [1.807, 2.05) is 0 Å². The van der Waals surface area contributed by atoms with E-state index < -0.39 is 0 Å². The van der Waals surface area contributed by atoms with Crippen molar-refractivity contribution in [3.63, 3.8) is 0 Å². The quantitative estimate of drug-likeness (QED) is 0.656. The molecule has 2 saturated heterocycles. The highest BCUT2D eigenvalue weighted by Crippen LogP contribution is 2.40. The van der Waals surface area contributed by atoms with Crippen LogP contribution >= 0.6 is 0 Å². The first-order chi connectivity index (χ1) is 11.6. The highest BCUT2D eigenvalue weighted by atomic mass is 16.6. The minimum absolute atomic E-state index is 0.0962. The van der Waals surface area contributed by atoms with Crippen LogP contribution < -0.4 is 14.8 Å². The van der Waals surface area contributed by atoms with Gasteiger partial charge in [0.1, 0.15) is 0 Å². The minimum atomic E-state index is -0.340. The zero-order valence-electron chi connectivity index (χ0n) is 14.3. The van der Waals surface area contributed by atoms with Gasteiger partial charge in [0.25, 0.3) is 5.69 Å². The van der Waals surface area contributed by atoms with Crippen molar-refractivity contribution in [1.82, 2.24) is 10.2 Å². The number of piperidine rings is 1. The molecule has 2 aliphatic heterocycles. The summed E-state index contributed by atoms with van der Waals surface area (Å²) in [4.78, 5) is 13.4. The van der Waals surface area contributed by atoms with Crippen LogP contribution in [0, 0.1) is 15.5 Å². The summed E-state index contributed by atoms with van der Waals surface area (Å²) in [6, 6.07) is 3.20. The number of likely N-dealkylation sites (tertiary alicyclic amines) is 1. The summed E-state index contributed by atoms with van der Waals surface area (Å²) in [6.07, 6.45) is 3.56. The van der Waals surface area contributed by atoms with Crippen molar-refractivity contribution >= 4 is 5.69 Å². The fourth-order valence-electron chi connectivity index (χ4n) is 3.98. The Labute approximate surface area is 142 Å². The number of nitro groups is 1. The van der Waals surface area contributed by atoms with Crippen LogP contribution in [0.4, 0.5) is 5.69 Å². The monoisotopic (exact) mass is 335 g/mol. The molecule has 24 heavy (non-hydrogen) atoms. The van der Waals surface area contributed by atoms with Gasteiger partial charge in [0.15, 0.2) is 11.5 Å². The Kier molecular flexibility index (Phi) is 4.91. The molecule has 1 aromatic carbocycles. The first-order valence-electron chi connectivity index (χ1n) is 8.39. The molecule has 2 fully saturated rings. The topological polar surface area (TPSA) is 76.9 Å². The Bertz CT molecular complexity index is 614. The molecule has 0 unspecified atom stereocenters. The van der Waals surface area contributed by atoms with Crippen LogP contribution in [0.25, 0.3) is 0 Å². The lowest BCUT2D eigenvalue weighted by molar-refractivity contribution is -0.385. The number of hydrogen-bond acceptors (Lipinski definition) is 6. The van der Waals surface area contributed by atoms with Crippen molar-refractivity contribution in [2.45, 2.75) is 25.8 Å². The maximum absolute atomic E-state index is 11.4. The highest BCUT2D eigenvalue weighted by Gasteiger charge is 2.39. The molecular weight excluding hydrogens is 310 g/mol. The lowest BCUT2D eigenvalue weighted by Crippen LogP contribution is -2.38. The van der Waals surface area contributed by atoms with Crippen LogP contribution in [-0.4, -0.2) is 50.2 Å². The number of nitrogens with zero attached hydrogens (tertiary/aromatic N) is 2. The molecule has 1 N–H and O–H groups in total. The number of benzene rings is 1. The predicted octanol–water partition coefficient (Wildman–Crippen LogP) is 2.19. The minimum Gasteiger partial charge on any atom is -0.493 e. The first kappa shape index (κ1) is 17.0. The van der Waals surface area contributed by atoms with Crippen molar-refractivity contribution in [3.8, 4) is 11.5 Å². The number of nitrogens with one attached hydrogen (secondary N) is 1. The normalized spacial score (nSPS) is 20.2. The first-order valence-corrected chi connectivity index (χ1v) is 8.39. The fourth-order valence-corrected chi connectivity index (χ4v) is 3.98. The van der Waals surface area contributed by atoms with Crippen molar-refractivity contribution in [1.29, 1.82) is 0 Å². The Balaban J connectivity index is 1.80. The van der Waals surface area contributed by atoms with E-state index in [2.05, 4.69) is 10.2 Å². The number of hydrogen-bond donors (Lipinski definition) is 1. The molecule has 7 nitrogen and oxygen atoms in total. The smallest absolute Gasteiger partial charge is 0.277 e. The largest absolute Gasteiger partial charge is 0.493 e. The number of nitro benzene ring substituents is 1. The maximum atomic E-state index is 11.4. The van der Waals surface area contributed by atoms with Gasteiger partial charge in [-0.15, -0.1) is 0 Å². The van der Waals surface area contributed by atoms with E-state index in [9.17, 15) is 10.1 Å². The van der Waals surface area contributed by atoms with Gasteiger partial charge in [-0.3, -0.25) is 15.0 Å². The third-order valence-electron chi connectivity index (χ3n) is 5.36. The van der Waals surface area contributed by atoms with Gasteiger partial charge in [-0.05, 0) is 50.4 Å². The maximum Gasteiger partial charge on any atom is 0.277 e. The van der Waals surface area contributed by atoms with E-state index in [-0.39, 0.29) is 10.6 Å². The van der Waals surface area contributed by atoms with Gasteiger partial charge >= 0.3 is 0 Å². The van der Waals surface area contributed by atoms with Gasteiger partial charge in [0, 0.05) is 18.7 Å². The number of ether oxygens (including phenoxy) is 2. The summed E-state index contributed by atoms with van der Waals surface area (Å²) in [5, 5.41) is 14.9. The fraction of sp³-hybridized carbons (Fsp3) is 0.647. The van der Waals surface area contributed by atoms with Gasteiger partial charge in [0.2, 0.25) is 0 Å². The number of rotatable bonds is 5. The average molecular weight is 335 g/mol. The summed E-state index contributed by atoms with van der Waals surface area (Å²) >= 11 is 0. The molecular formula is C17H25N3O4. The number of methoxy groups -OCH3 is 2. The molecule has 2 aliphatic rings. The molecule has 7 heteroatoms. The molecule has 0 aromatic heterocycles. The molecule has 2 heterocycles. The van der Waals surface area contributed by atoms with Crippen LogP contribution in [0.2, 0.25) is 0 Å². The Morgan fingerprint density at radius 3 is 2.50 bits per heavy atom. The summed E-state index contributed by atoms with van der Waals surface area (Å²) in [5.74, 6) is 0.929. The lowest BCUT2D eigenvalue weighted by atomic mass is 9.78. The molecule has 3 rings (SSSR count). The Hall–Kier alpha value is -1.86. The van der Waals surface area contributed by atoms with Gasteiger partial charge < -0.3 is 14.8 Å². The highest BCUT2D eigenvalue weighted by molar-refractivity contribution is 5.54. The van der Waals surface area contributed by atoms with Crippen LogP contribution in [0.5, 0.6) is 11.5 Å². The van der Waals surface area contributed by atoms with Gasteiger partial charge in [0.05, 0.1) is 25.2 Å². The molecule has 0 atom stereocenters. The van der Waals surface area contributed by atoms with Crippen LogP contribution in [-0.2, 0) is 6.54 Å². The molecule has 1 aromatic rings. The average Bonchev–Trinajstić information content (AvgIpc) is 2.96. The standard InChI is InChI=1S/C17H25N3O4/c1-23-15-9-13(14(20(21)22)10-16(15)24-2)11-19-8-5-17(12-19)3-6-18-7-4-17/h9-10,18H,3-8,11-12H2,1-2H3. The molecule has 0 bridgehead atoms. The Morgan fingerprint density at radius 1 is 1.21 bits per heavy atom. The molecule has 0 aliphatic carbocycles. The van der Waals surface area contributed by atoms with E-state index in [1.165, 1.54) is 32.4 Å². The third-order valence-corrected chi connectivity index (χ3v) is 5.36. The van der Waals surface area contributed by atoms with E-state index in [1.54, 1.807) is 13.2 Å². The second kappa shape index (κ2) is 6.94. The van der Waals surface area contributed by atoms with Crippen molar-refractivity contribution in [2.75, 3.05) is 40.4 Å².